The maximum atomic E-state index is 13.2. The van der Waals surface area contributed by atoms with Crippen molar-refractivity contribution in [3.05, 3.63) is 0 Å². The van der Waals surface area contributed by atoms with E-state index < -0.39 is 72.1 Å². The Hall–Kier alpha value is -1.79. The Labute approximate surface area is 181 Å². The van der Waals surface area contributed by atoms with E-state index in [1.165, 1.54) is 6.92 Å². The molecule has 0 saturated carbocycles. The second kappa shape index (κ2) is 8.28. The molecule has 3 rings (SSSR count). The molecule has 0 unspecified atom stereocenters. The van der Waals surface area contributed by atoms with Crippen molar-refractivity contribution in [1.29, 1.82) is 0 Å². The first-order valence-electron chi connectivity index (χ1n) is 10.4. The molecule has 0 aromatic carbocycles. The molecule has 31 heavy (non-hydrogen) atoms. The molecular weight excluding hydrogens is 412 g/mol. The van der Waals surface area contributed by atoms with E-state index in [0.717, 1.165) is 0 Å². The van der Waals surface area contributed by atoms with E-state index >= 15 is 0 Å². The number of ether oxygens (including phenoxy) is 5. The van der Waals surface area contributed by atoms with Crippen molar-refractivity contribution in [2.45, 2.75) is 103 Å². The van der Waals surface area contributed by atoms with E-state index in [2.05, 4.69) is 10.6 Å². The van der Waals surface area contributed by atoms with Crippen LogP contribution in [0.1, 0.15) is 48.5 Å². The Kier molecular flexibility index (Phi) is 6.38. The van der Waals surface area contributed by atoms with Crippen LogP contribution in [0.15, 0.2) is 0 Å². The number of aliphatic carboxylic acids is 1. The summed E-state index contributed by atoms with van der Waals surface area (Å²) in [5, 5.41) is 14.1. The molecule has 0 aromatic heterocycles. The van der Waals surface area contributed by atoms with Crippen LogP contribution in [0.5, 0.6) is 0 Å². The predicted molar refractivity (Wildman–Crippen MR) is 105 cm³/mol. The molecule has 0 aliphatic carbocycles. The molecule has 2 amide bonds. The summed E-state index contributed by atoms with van der Waals surface area (Å²) >= 11 is 0. The minimum absolute atomic E-state index is 0.306. The Bertz CT molecular complexity index is 738. The summed E-state index contributed by atoms with van der Waals surface area (Å²) in [5.74, 6) is -4.55. The molecule has 0 bridgehead atoms. The van der Waals surface area contributed by atoms with Crippen LogP contribution in [0.25, 0.3) is 0 Å². The van der Waals surface area contributed by atoms with Crippen LogP contribution in [-0.2, 0) is 38.1 Å². The van der Waals surface area contributed by atoms with E-state index in [1.54, 1.807) is 41.5 Å². The third kappa shape index (κ3) is 5.01. The monoisotopic (exact) mass is 444 g/mol. The highest BCUT2D eigenvalue weighted by atomic mass is 16.9. The lowest BCUT2D eigenvalue weighted by atomic mass is 9.97. The number of carbonyl (C=O) groups excluding carboxylic acids is 2. The van der Waals surface area contributed by atoms with Gasteiger partial charge in [0.05, 0.1) is 0 Å². The quantitative estimate of drug-likeness (QED) is 0.520. The van der Waals surface area contributed by atoms with E-state index in [0.29, 0.717) is 0 Å². The van der Waals surface area contributed by atoms with Crippen LogP contribution in [0.4, 0.5) is 0 Å². The third-order valence-electron chi connectivity index (χ3n) is 5.39. The van der Waals surface area contributed by atoms with Gasteiger partial charge in [-0.2, -0.15) is 0 Å². The molecule has 0 spiro atoms. The average Bonchev–Trinajstić information content (AvgIpc) is 3.11. The Morgan fingerprint density at radius 2 is 1.39 bits per heavy atom. The van der Waals surface area contributed by atoms with E-state index in [4.69, 9.17) is 28.8 Å². The van der Waals surface area contributed by atoms with Gasteiger partial charge < -0.3 is 39.4 Å². The van der Waals surface area contributed by atoms with Crippen molar-refractivity contribution in [3.8, 4) is 0 Å². The van der Waals surface area contributed by atoms with Gasteiger partial charge in [-0.15, -0.1) is 0 Å². The van der Waals surface area contributed by atoms with Crippen LogP contribution in [0.2, 0.25) is 0 Å². The van der Waals surface area contributed by atoms with Gasteiger partial charge in [0, 0.05) is 0 Å². The fourth-order valence-electron chi connectivity index (χ4n) is 3.96. The maximum Gasteiger partial charge on any atom is 0.325 e. The molecule has 3 fully saturated rings. The van der Waals surface area contributed by atoms with E-state index in [-0.39, 0.29) is 5.92 Å². The lowest BCUT2D eigenvalue weighted by Gasteiger charge is -2.37. The summed E-state index contributed by atoms with van der Waals surface area (Å²) < 4.78 is 29.5. The predicted octanol–water partition coefficient (Wildman–Crippen LogP) is 0.113. The van der Waals surface area contributed by atoms with Crippen LogP contribution in [0, 0.1) is 5.92 Å². The highest BCUT2D eigenvalue weighted by molar-refractivity contribution is 5.91. The van der Waals surface area contributed by atoms with Gasteiger partial charge in [0.2, 0.25) is 5.91 Å². The number of fused-ring (bicyclic) bond motifs is 3. The minimum atomic E-state index is -1.17. The zero-order chi connectivity index (χ0) is 23.3. The number of hydrogen-bond donors (Lipinski definition) is 3. The number of nitrogens with one attached hydrogen (secondary N) is 2. The summed E-state index contributed by atoms with van der Waals surface area (Å²) in [4.78, 5) is 36.8. The fraction of sp³-hybridized carbons (Fsp3) is 0.850. The van der Waals surface area contributed by atoms with Gasteiger partial charge >= 0.3 is 5.97 Å². The van der Waals surface area contributed by atoms with Gasteiger partial charge in [-0.25, -0.2) is 0 Å². The molecule has 3 saturated heterocycles. The molecule has 3 aliphatic rings. The van der Waals surface area contributed by atoms with Crippen molar-refractivity contribution in [2.24, 2.45) is 5.92 Å². The molecule has 3 heterocycles. The second-order valence-corrected chi connectivity index (χ2v) is 9.39. The van der Waals surface area contributed by atoms with Gasteiger partial charge in [-0.05, 0) is 40.5 Å². The van der Waals surface area contributed by atoms with Crippen LogP contribution >= 0.6 is 0 Å². The molecule has 176 valence electrons. The number of carboxylic acid groups (broad SMARTS) is 1. The summed E-state index contributed by atoms with van der Waals surface area (Å²) in [6, 6.07) is -2.07. The van der Waals surface area contributed by atoms with Crippen LogP contribution < -0.4 is 10.6 Å². The third-order valence-corrected chi connectivity index (χ3v) is 5.39. The Morgan fingerprint density at radius 1 is 0.839 bits per heavy atom. The molecule has 11 nitrogen and oxygen atoms in total. The first-order valence-corrected chi connectivity index (χ1v) is 10.4. The molecular formula is C20H32N2O9. The molecule has 0 radical (unpaired) electrons. The lowest BCUT2D eigenvalue weighted by Crippen LogP contribution is -2.62. The summed E-state index contributed by atoms with van der Waals surface area (Å²) in [5.41, 5.74) is 0. The standard InChI is InChI=1S/C20H32N2O9/c1-8(2)10(15(23)21-9(3)17(25)26)22-16(24)13-11-12(29-19(4,5)28-11)14-18(27-13)31-20(6,7)30-14/h8-14,18H,1-7H3,(H,21,23)(H,22,24)(H,25,26)/t9-,10+,11+,12+,13+,14+,18+/m0/s1. The second-order valence-electron chi connectivity index (χ2n) is 9.39. The molecule has 11 heteroatoms. The Balaban J connectivity index is 1.77. The maximum absolute atomic E-state index is 13.2. The van der Waals surface area contributed by atoms with Gasteiger partial charge in [-0.3, -0.25) is 14.4 Å². The van der Waals surface area contributed by atoms with Crippen molar-refractivity contribution in [3.63, 3.8) is 0 Å². The zero-order valence-corrected chi connectivity index (χ0v) is 18.8. The summed E-state index contributed by atoms with van der Waals surface area (Å²) in [7, 11) is 0. The molecule has 7 atom stereocenters. The van der Waals surface area contributed by atoms with E-state index in [1.807, 2.05) is 0 Å². The lowest BCUT2D eigenvalue weighted by molar-refractivity contribution is -0.231. The first-order chi connectivity index (χ1) is 14.2. The van der Waals surface area contributed by atoms with Crippen molar-refractivity contribution in [2.75, 3.05) is 0 Å². The number of amides is 2. The van der Waals surface area contributed by atoms with Gasteiger partial charge in [0.15, 0.2) is 24.0 Å². The highest BCUT2D eigenvalue weighted by Crippen LogP contribution is 2.44. The van der Waals surface area contributed by atoms with Gasteiger partial charge in [0.25, 0.3) is 5.91 Å². The number of hydrogen-bond acceptors (Lipinski definition) is 8. The number of carbonyl (C=O) groups is 3. The van der Waals surface area contributed by atoms with Crippen molar-refractivity contribution >= 4 is 17.8 Å². The summed E-state index contributed by atoms with van der Waals surface area (Å²) in [6.45, 7) is 11.8. The number of carboxylic acids is 1. The zero-order valence-electron chi connectivity index (χ0n) is 18.8. The topological polar surface area (TPSA) is 142 Å². The average molecular weight is 444 g/mol. The smallest absolute Gasteiger partial charge is 0.325 e. The normalized spacial score (nSPS) is 35.0. The van der Waals surface area contributed by atoms with Crippen molar-refractivity contribution < 1.29 is 43.2 Å². The SMILES string of the molecule is CC(C)[C@@H](NC(=O)[C@@H]1O[C@@H]2OC(C)(C)O[C@@H]2[C@@H]2OC(C)(C)O[C@H]21)C(=O)N[C@@H](C)C(=O)O. The van der Waals surface area contributed by atoms with Crippen LogP contribution in [0.3, 0.4) is 0 Å². The molecule has 3 N–H and O–H groups in total. The highest BCUT2D eigenvalue weighted by Gasteiger charge is 2.62. The first kappa shape index (κ1) is 23.9. The fourth-order valence-corrected chi connectivity index (χ4v) is 3.96. The largest absolute Gasteiger partial charge is 0.480 e. The number of rotatable bonds is 6. The van der Waals surface area contributed by atoms with Crippen molar-refractivity contribution in [1.82, 2.24) is 10.6 Å². The molecule has 0 aromatic rings. The van der Waals surface area contributed by atoms with Gasteiger partial charge in [0.1, 0.15) is 30.4 Å². The molecule has 3 aliphatic heterocycles. The van der Waals surface area contributed by atoms with Crippen LogP contribution in [-0.4, -0.2) is 77.3 Å². The van der Waals surface area contributed by atoms with E-state index in [9.17, 15) is 14.4 Å². The summed E-state index contributed by atoms with van der Waals surface area (Å²) in [6.07, 6.45) is -3.92. The minimum Gasteiger partial charge on any atom is -0.480 e. The van der Waals surface area contributed by atoms with Gasteiger partial charge in [-0.1, -0.05) is 13.8 Å². The Morgan fingerprint density at radius 3 is 1.97 bits per heavy atom.